The zero-order valence-electron chi connectivity index (χ0n) is 14.0. The van der Waals surface area contributed by atoms with Crippen molar-refractivity contribution < 1.29 is 19.3 Å². The van der Waals surface area contributed by atoms with E-state index < -0.39 is 19.3 Å². The molecule has 118 valence electrons. The van der Waals surface area contributed by atoms with Gasteiger partial charge in [0.15, 0.2) is 0 Å². The van der Waals surface area contributed by atoms with Crippen molar-refractivity contribution >= 4 is 31.2 Å². The second kappa shape index (κ2) is 8.14. The van der Waals surface area contributed by atoms with Crippen LogP contribution in [0, 0.1) is 0 Å². The Balaban J connectivity index is 0.00000200. The molecule has 0 nitrogen and oxygen atoms in total. The smallest absolute Gasteiger partial charge is 0.147 e. The molecule has 0 unspecified atom stereocenters. The van der Waals surface area contributed by atoms with Crippen LogP contribution in [0.3, 0.4) is 0 Å². The molecule has 0 aliphatic heterocycles. The first kappa shape index (κ1) is 21.2. The Morgan fingerprint density at radius 3 is 1.29 bits per heavy atom. The van der Waals surface area contributed by atoms with Gasteiger partial charge >= 0.3 is 122 Å². The van der Waals surface area contributed by atoms with Crippen LogP contribution in [-0.4, -0.2) is 6.41 Å². The topological polar surface area (TPSA) is 0 Å². The van der Waals surface area contributed by atoms with Crippen LogP contribution >= 0.6 is 24.8 Å². The quantitative estimate of drug-likeness (QED) is 0.537. The van der Waals surface area contributed by atoms with Gasteiger partial charge in [0.2, 0.25) is 0 Å². The van der Waals surface area contributed by atoms with E-state index in [4.69, 9.17) is 0 Å². The summed E-state index contributed by atoms with van der Waals surface area (Å²) < 4.78 is 6.94. The SMILES string of the molecule is CC1=CC[C]([Zr]([C]2=CC(C)=CC2)(=[C](C)C)=[C](C)C)=C1.Cl.Cl. The van der Waals surface area contributed by atoms with Gasteiger partial charge in [-0.25, -0.2) is 0 Å². The molecule has 21 heavy (non-hydrogen) atoms. The summed E-state index contributed by atoms with van der Waals surface area (Å²) in [5.41, 5.74) is 2.92. The summed E-state index contributed by atoms with van der Waals surface area (Å²) in [7, 11) is 0. The minimum absolute atomic E-state index is 0. The molecule has 2 rings (SSSR count). The van der Waals surface area contributed by atoms with Gasteiger partial charge in [-0.15, -0.1) is 24.8 Å². The average Bonchev–Trinajstić information content (AvgIpc) is 2.89. The molecule has 0 heterocycles. The summed E-state index contributed by atoms with van der Waals surface area (Å²) in [6, 6.07) is 0. The summed E-state index contributed by atoms with van der Waals surface area (Å²) in [4.78, 5) is 0. The molecule has 0 saturated carbocycles. The largest absolute Gasteiger partial charge is 0.147 e. The Kier molecular flexibility index (Phi) is 8.20. The predicted octanol–water partition coefficient (Wildman–Crippen LogP) is 5.88. The van der Waals surface area contributed by atoms with Crippen LogP contribution in [0.2, 0.25) is 0 Å². The molecule has 0 atom stereocenters. The molecule has 0 aromatic carbocycles. The molecule has 0 N–H and O–H groups in total. The van der Waals surface area contributed by atoms with Crippen molar-refractivity contribution in [1.82, 2.24) is 0 Å². The molecule has 0 aromatic heterocycles. The van der Waals surface area contributed by atoms with Gasteiger partial charge in [0.25, 0.3) is 0 Å². The summed E-state index contributed by atoms with van der Waals surface area (Å²) in [6.45, 7) is 14.0. The van der Waals surface area contributed by atoms with E-state index in [1.807, 2.05) is 0 Å². The fourth-order valence-corrected chi connectivity index (χ4v) is 17.8. The van der Waals surface area contributed by atoms with Gasteiger partial charge in [-0.1, -0.05) is 0 Å². The molecule has 0 fully saturated rings. The molecule has 2 aliphatic rings. The van der Waals surface area contributed by atoms with Gasteiger partial charge in [-0.2, -0.15) is 0 Å². The van der Waals surface area contributed by atoms with Gasteiger partial charge in [-0.05, 0) is 0 Å². The first-order valence-electron chi connectivity index (χ1n) is 7.26. The maximum atomic E-state index is 2.49. The maximum Gasteiger partial charge on any atom is -0.147 e. The minimum atomic E-state index is -2.63. The summed E-state index contributed by atoms with van der Waals surface area (Å²) in [5.74, 6) is 0. The molecule has 3 heteroatoms. The first-order valence-corrected chi connectivity index (χ1v) is 12.2. The van der Waals surface area contributed by atoms with Gasteiger partial charge in [0.1, 0.15) is 0 Å². The van der Waals surface area contributed by atoms with E-state index >= 15 is 0 Å². The summed E-state index contributed by atoms with van der Waals surface area (Å²) >= 11 is -2.63. The van der Waals surface area contributed by atoms with E-state index in [0.717, 1.165) is 0 Å². The number of allylic oxidation sites excluding steroid dienone is 8. The first-order chi connectivity index (χ1) is 8.88. The Morgan fingerprint density at radius 2 is 1.10 bits per heavy atom. The third-order valence-corrected chi connectivity index (χ3v) is 18.4. The van der Waals surface area contributed by atoms with Crippen molar-refractivity contribution in [3.8, 4) is 0 Å². The average molecular weight is 407 g/mol. The molecule has 0 radical (unpaired) electrons. The Bertz CT molecular complexity index is 591. The number of hydrogen-bond acceptors (Lipinski definition) is 0. The predicted molar refractivity (Wildman–Crippen MR) is 100 cm³/mol. The molecule has 2 aliphatic carbocycles. The van der Waals surface area contributed by atoms with Crippen molar-refractivity contribution in [3.05, 3.63) is 42.0 Å². The molecule has 0 amide bonds. The van der Waals surface area contributed by atoms with E-state index in [1.54, 1.807) is 13.0 Å². The molecule has 0 spiro atoms. The normalized spacial score (nSPS) is 16.3. The van der Waals surface area contributed by atoms with Crippen molar-refractivity contribution in [2.45, 2.75) is 54.4 Å². The van der Waals surface area contributed by atoms with E-state index in [1.165, 1.54) is 24.0 Å². The van der Waals surface area contributed by atoms with Gasteiger partial charge in [0.05, 0.1) is 0 Å². The molecular formula is C18H28Cl2Zr. The van der Waals surface area contributed by atoms with Crippen LogP contribution in [0.25, 0.3) is 0 Å². The zero-order chi connectivity index (χ0) is 14.2. The van der Waals surface area contributed by atoms with E-state index in [9.17, 15) is 0 Å². The van der Waals surface area contributed by atoms with Crippen molar-refractivity contribution in [1.29, 1.82) is 0 Å². The number of halogens is 2. The van der Waals surface area contributed by atoms with Crippen LogP contribution in [-0.2, 0) is 19.3 Å². The van der Waals surface area contributed by atoms with Crippen LogP contribution in [0.5, 0.6) is 0 Å². The minimum Gasteiger partial charge on any atom is -0.147 e. The fraction of sp³-hybridized carbons (Fsp3) is 0.444. The molecule has 0 saturated heterocycles. The fourth-order valence-electron chi connectivity index (χ4n) is 3.84. The van der Waals surface area contributed by atoms with E-state index in [0.29, 0.717) is 0 Å². The number of rotatable bonds is 2. The number of hydrogen-bond donors (Lipinski definition) is 0. The zero-order valence-corrected chi connectivity index (χ0v) is 18.1. The molecule has 0 aromatic rings. The van der Waals surface area contributed by atoms with Crippen molar-refractivity contribution in [3.63, 3.8) is 0 Å². The van der Waals surface area contributed by atoms with Crippen molar-refractivity contribution in [2.75, 3.05) is 0 Å². The van der Waals surface area contributed by atoms with E-state index in [2.05, 4.69) is 65.8 Å². The van der Waals surface area contributed by atoms with Crippen LogP contribution in [0.1, 0.15) is 54.4 Å². The van der Waals surface area contributed by atoms with Gasteiger partial charge in [-0.3, -0.25) is 0 Å². The monoisotopic (exact) mass is 404 g/mol. The summed E-state index contributed by atoms with van der Waals surface area (Å²) in [5, 5.41) is 0. The second-order valence-corrected chi connectivity index (χ2v) is 18.2. The standard InChI is InChI=1S/2C6H7.2C3H6.2ClH.Zr/c2*1-6-4-2-3-5-6;2*1-3-2;;;/h2*4-5H,2H2,1H3;2*1-2H3;2*1H;. The third-order valence-electron chi connectivity index (χ3n) is 4.56. The Hall–Kier alpha value is 0.163. The molecular weight excluding hydrogens is 378 g/mol. The van der Waals surface area contributed by atoms with Crippen molar-refractivity contribution in [2.24, 2.45) is 0 Å². The van der Waals surface area contributed by atoms with Crippen LogP contribution in [0.15, 0.2) is 42.0 Å². The second-order valence-electron chi connectivity index (χ2n) is 6.39. The van der Waals surface area contributed by atoms with E-state index in [-0.39, 0.29) is 24.8 Å². The van der Waals surface area contributed by atoms with Crippen LogP contribution in [0.4, 0.5) is 0 Å². The maximum absolute atomic E-state index is 2.63. The van der Waals surface area contributed by atoms with Crippen LogP contribution < -0.4 is 0 Å². The Labute approximate surface area is 146 Å². The van der Waals surface area contributed by atoms with Gasteiger partial charge < -0.3 is 0 Å². The Morgan fingerprint density at radius 1 is 0.762 bits per heavy atom. The molecule has 0 bridgehead atoms. The van der Waals surface area contributed by atoms with Gasteiger partial charge in [0, 0.05) is 0 Å². The summed E-state index contributed by atoms with van der Waals surface area (Å²) in [6.07, 6.45) is 12.2. The third kappa shape index (κ3) is 3.74.